The first-order valence-electron chi connectivity index (χ1n) is 5.88. The first-order chi connectivity index (χ1) is 9.15. The fraction of sp³-hybridized carbons (Fsp3) is 0.462. The van der Waals surface area contributed by atoms with Gasteiger partial charge in [0.1, 0.15) is 6.61 Å². The molecule has 0 bridgehead atoms. The molecule has 1 aromatic rings. The molecule has 0 aliphatic carbocycles. The normalized spacial score (nSPS) is 10.7. The predicted molar refractivity (Wildman–Crippen MR) is 66.3 cm³/mol. The third-order valence-electron chi connectivity index (χ3n) is 2.41. The summed E-state index contributed by atoms with van der Waals surface area (Å²) in [7, 11) is 1.32. The van der Waals surface area contributed by atoms with E-state index in [0.717, 1.165) is 5.56 Å². The summed E-state index contributed by atoms with van der Waals surface area (Å²) in [6.07, 6.45) is -2.44. The number of alkyl halides is 2. The Balaban J connectivity index is 2.35. The van der Waals surface area contributed by atoms with Gasteiger partial charge in [0.15, 0.2) is 0 Å². The lowest BCUT2D eigenvalue weighted by molar-refractivity contribution is 0.0187. The maximum Gasteiger partial charge on any atom is 0.338 e. The Morgan fingerprint density at radius 2 is 2.11 bits per heavy atom. The molecule has 19 heavy (non-hydrogen) atoms. The molecule has 0 saturated heterocycles. The van der Waals surface area contributed by atoms with Crippen molar-refractivity contribution in [2.24, 2.45) is 0 Å². The van der Waals surface area contributed by atoms with Crippen molar-refractivity contribution in [3.63, 3.8) is 0 Å². The van der Waals surface area contributed by atoms with Gasteiger partial charge in [0.2, 0.25) is 0 Å². The molecule has 4 nitrogen and oxygen atoms in total. The number of carbonyl (C=O) groups excluding carboxylic acids is 1. The summed E-state index contributed by atoms with van der Waals surface area (Å²) >= 11 is 0. The first-order valence-corrected chi connectivity index (χ1v) is 5.88. The third kappa shape index (κ3) is 5.76. The van der Waals surface area contributed by atoms with Crippen molar-refractivity contribution < 1.29 is 23.0 Å². The molecule has 6 heteroatoms. The van der Waals surface area contributed by atoms with E-state index in [2.05, 4.69) is 10.1 Å². The summed E-state index contributed by atoms with van der Waals surface area (Å²) in [6, 6.07) is 7.05. The first kappa shape index (κ1) is 15.5. The van der Waals surface area contributed by atoms with Crippen LogP contribution < -0.4 is 5.32 Å². The van der Waals surface area contributed by atoms with Gasteiger partial charge in [-0.1, -0.05) is 18.2 Å². The van der Waals surface area contributed by atoms with Crippen LogP contribution in [0.15, 0.2) is 24.3 Å². The molecule has 0 aromatic heterocycles. The standard InChI is InChI=1S/C13H17F2NO3/c1-18-13(17)11-5-3-2-4-10(11)8-16-6-7-19-9-12(14)15/h2-5,12,16H,6-9H2,1H3. The van der Waals surface area contributed by atoms with E-state index >= 15 is 0 Å². The maximum atomic E-state index is 11.8. The quantitative estimate of drug-likeness (QED) is 0.580. The molecule has 0 aliphatic rings. The largest absolute Gasteiger partial charge is 0.465 e. The van der Waals surface area contributed by atoms with Crippen LogP contribution in [0.3, 0.4) is 0 Å². The van der Waals surface area contributed by atoms with E-state index in [0.29, 0.717) is 18.7 Å². The smallest absolute Gasteiger partial charge is 0.338 e. The van der Waals surface area contributed by atoms with Crippen LogP contribution in [0.1, 0.15) is 15.9 Å². The van der Waals surface area contributed by atoms with Gasteiger partial charge in [0.05, 0.1) is 19.3 Å². The van der Waals surface area contributed by atoms with Gasteiger partial charge in [0.25, 0.3) is 6.43 Å². The molecule has 0 aliphatic heterocycles. The van der Waals surface area contributed by atoms with Crippen molar-refractivity contribution in [2.75, 3.05) is 26.9 Å². The number of rotatable bonds is 8. The highest BCUT2D eigenvalue weighted by molar-refractivity contribution is 5.90. The molecule has 106 valence electrons. The highest BCUT2D eigenvalue weighted by Gasteiger charge is 2.10. The molecule has 0 unspecified atom stereocenters. The SMILES string of the molecule is COC(=O)c1ccccc1CNCCOCC(F)F. The molecule has 0 heterocycles. The van der Waals surface area contributed by atoms with Gasteiger partial charge >= 0.3 is 5.97 Å². The molecular weight excluding hydrogens is 256 g/mol. The van der Waals surface area contributed by atoms with Crippen LogP contribution in [-0.4, -0.2) is 39.3 Å². The second-order valence-electron chi connectivity index (χ2n) is 3.79. The molecule has 1 aromatic carbocycles. The highest BCUT2D eigenvalue weighted by Crippen LogP contribution is 2.09. The van der Waals surface area contributed by atoms with Crippen LogP contribution in [-0.2, 0) is 16.0 Å². The lowest BCUT2D eigenvalue weighted by Gasteiger charge is -2.09. The zero-order valence-corrected chi connectivity index (χ0v) is 10.7. The Morgan fingerprint density at radius 3 is 2.79 bits per heavy atom. The summed E-state index contributed by atoms with van der Waals surface area (Å²) in [4.78, 5) is 11.5. The summed E-state index contributed by atoms with van der Waals surface area (Å²) in [5.74, 6) is -0.397. The predicted octanol–water partition coefficient (Wildman–Crippen LogP) is 1.84. The number of hydrogen-bond acceptors (Lipinski definition) is 4. The van der Waals surface area contributed by atoms with E-state index in [-0.39, 0.29) is 6.61 Å². The van der Waals surface area contributed by atoms with Gasteiger partial charge in [0, 0.05) is 13.1 Å². The van der Waals surface area contributed by atoms with Crippen LogP contribution in [0, 0.1) is 0 Å². The van der Waals surface area contributed by atoms with Crippen molar-refractivity contribution in [2.45, 2.75) is 13.0 Å². The Kier molecular flexibility index (Phi) is 6.99. The number of methoxy groups -OCH3 is 1. The minimum absolute atomic E-state index is 0.199. The maximum absolute atomic E-state index is 11.8. The zero-order valence-electron chi connectivity index (χ0n) is 10.7. The average molecular weight is 273 g/mol. The molecule has 0 amide bonds. The zero-order chi connectivity index (χ0) is 14.1. The molecule has 1 rings (SSSR count). The van der Waals surface area contributed by atoms with E-state index in [4.69, 9.17) is 4.74 Å². The van der Waals surface area contributed by atoms with Gasteiger partial charge in [-0.15, -0.1) is 0 Å². The van der Waals surface area contributed by atoms with Gasteiger partial charge in [-0.3, -0.25) is 0 Å². The van der Waals surface area contributed by atoms with E-state index in [1.165, 1.54) is 7.11 Å². The summed E-state index contributed by atoms with van der Waals surface area (Å²) < 4.78 is 33.0. The van der Waals surface area contributed by atoms with Crippen LogP contribution in [0.5, 0.6) is 0 Å². The number of ether oxygens (including phenoxy) is 2. The van der Waals surface area contributed by atoms with Crippen molar-refractivity contribution >= 4 is 5.97 Å². The second-order valence-corrected chi connectivity index (χ2v) is 3.79. The minimum atomic E-state index is -2.44. The van der Waals surface area contributed by atoms with E-state index in [9.17, 15) is 13.6 Å². The van der Waals surface area contributed by atoms with Crippen LogP contribution in [0.25, 0.3) is 0 Å². The fourth-order valence-electron chi connectivity index (χ4n) is 1.52. The van der Waals surface area contributed by atoms with Crippen molar-refractivity contribution in [1.29, 1.82) is 0 Å². The Morgan fingerprint density at radius 1 is 1.37 bits per heavy atom. The Hall–Kier alpha value is -1.53. The van der Waals surface area contributed by atoms with Crippen molar-refractivity contribution in [3.05, 3.63) is 35.4 Å². The molecule has 1 N–H and O–H groups in total. The Labute approximate surface area is 110 Å². The number of carbonyl (C=O) groups is 1. The molecule has 0 radical (unpaired) electrons. The van der Waals surface area contributed by atoms with Crippen molar-refractivity contribution in [1.82, 2.24) is 5.32 Å². The third-order valence-corrected chi connectivity index (χ3v) is 2.41. The van der Waals surface area contributed by atoms with Crippen LogP contribution in [0.4, 0.5) is 8.78 Å². The lowest BCUT2D eigenvalue weighted by atomic mass is 10.1. The van der Waals surface area contributed by atoms with Crippen molar-refractivity contribution in [3.8, 4) is 0 Å². The van der Waals surface area contributed by atoms with Gasteiger partial charge < -0.3 is 14.8 Å². The topological polar surface area (TPSA) is 47.6 Å². The number of esters is 1. The fourth-order valence-corrected chi connectivity index (χ4v) is 1.52. The van der Waals surface area contributed by atoms with E-state index < -0.39 is 19.0 Å². The molecular formula is C13H17F2NO3. The molecule has 0 spiro atoms. The summed E-state index contributed by atoms with van der Waals surface area (Å²) in [6.45, 7) is 0.525. The average Bonchev–Trinajstić information content (AvgIpc) is 2.42. The monoisotopic (exact) mass is 273 g/mol. The molecule has 0 atom stereocenters. The molecule has 0 fully saturated rings. The van der Waals surface area contributed by atoms with Crippen LogP contribution in [0.2, 0.25) is 0 Å². The minimum Gasteiger partial charge on any atom is -0.465 e. The number of halogens is 2. The van der Waals surface area contributed by atoms with Crippen LogP contribution >= 0.6 is 0 Å². The lowest BCUT2D eigenvalue weighted by Crippen LogP contribution is -2.22. The summed E-state index contributed by atoms with van der Waals surface area (Å²) in [5.41, 5.74) is 1.29. The summed E-state index contributed by atoms with van der Waals surface area (Å²) in [5, 5.41) is 3.02. The van der Waals surface area contributed by atoms with E-state index in [1.54, 1.807) is 18.2 Å². The molecule has 0 saturated carbocycles. The van der Waals surface area contributed by atoms with E-state index in [1.807, 2.05) is 6.07 Å². The Bertz CT molecular complexity index is 399. The second kappa shape index (κ2) is 8.55. The van der Waals surface area contributed by atoms with Gasteiger partial charge in [-0.05, 0) is 11.6 Å². The number of hydrogen-bond donors (Lipinski definition) is 1. The van der Waals surface area contributed by atoms with Gasteiger partial charge in [-0.2, -0.15) is 0 Å². The number of nitrogens with one attached hydrogen (secondary N) is 1. The highest BCUT2D eigenvalue weighted by atomic mass is 19.3. The van der Waals surface area contributed by atoms with Gasteiger partial charge in [-0.25, -0.2) is 13.6 Å². The number of benzene rings is 1.